The highest BCUT2D eigenvalue weighted by atomic mass is 16.2. The zero-order valence-corrected chi connectivity index (χ0v) is 11.6. The van der Waals surface area contributed by atoms with Crippen molar-refractivity contribution in [2.45, 2.75) is 12.6 Å². The van der Waals surface area contributed by atoms with E-state index in [-0.39, 0.29) is 12.5 Å². The molecule has 21 heavy (non-hydrogen) atoms. The van der Waals surface area contributed by atoms with Crippen LogP contribution in [0.4, 0.5) is 0 Å². The van der Waals surface area contributed by atoms with Gasteiger partial charge in [0, 0.05) is 6.54 Å². The van der Waals surface area contributed by atoms with Gasteiger partial charge in [-0.05, 0) is 11.1 Å². The molecule has 0 fully saturated rings. The van der Waals surface area contributed by atoms with Crippen LogP contribution in [0.1, 0.15) is 17.2 Å². The average Bonchev–Trinajstić information content (AvgIpc) is 2.55. The summed E-state index contributed by atoms with van der Waals surface area (Å²) in [6.45, 7) is 0.405. The van der Waals surface area contributed by atoms with Gasteiger partial charge >= 0.3 is 0 Å². The van der Waals surface area contributed by atoms with Crippen LogP contribution in [-0.2, 0) is 11.3 Å². The van der Waals surface area contributed by atoms with Gasteiger partial charge in [0.15, 0.2) is 0 Å². The standard InChI is InChI=1S/C17H17N3O/c18-11-12-20(13-14-7-3-1-4-8-14)17(21)16(19)15-9-5-2-6-10-15/h1-10,16H,12-13,19H2/t16-/m1/s1. The van der Waals surface area contributed by atoms with Crippen molar-refractivity contribution in [3.8, 4) is 6.07 Å². The largest absolute Gasteiger partial charge is 0.323 e. The van der Waals surface area contributed by atoms with Crippen LogP contribution in [0.15, 0.2) is 60.7 Å². The van der Waals surface area contributed by atoms with E-state index >= 15 is 0 Å². The summed E-state index contributed by atoms with van der Waals surface area (Å²) >= 11 is 0. The van der Waals surface area contributed by atoms with Crippen LogP contribution in [-0.4, -0.2) is 17.4 Å². The van der Waals surface area contributed by atoms with Gasteiger partial charge in [0.05, 0.1) is 6.07 Å². The Kier molecular flexibility index (Phi) is 5.08. The zero-order valence-electron chi connectivity index (χ0n) is 11.6. The smallest absolute Gasteiger partial charge is 0.245 e. The number of nitrogens with zero attached hydrogens (tertiary/aromatic N) is 2. The van der Waals surface area contributed by atoms with Crippen molar-refractivity contribution in [3.05, 3.63) is 71.8 Å². The summed E-state index contributed by atoms with van der Waals surface area (Å²) in [6, 6.07) is 20.0. The van der Waals surface area contributed by atoms with Crippen molar-refractivity contribution in [2.24, 2.45) is 5.73 Å². The van der Waals surface area contributed by atoms with Crippen LogP contribution in [0.2, 0.25) is 0 Å². The number of rotatable bonds is 5. The molecular formula is C17H17N3O. The van der Waals surface area contributed by atoms with Crippen molar-refractivity contribution in [2.75, 3.05) is 6.54 Å². The van der Waals surface area contributed by atoms with E-state index in [1.54, 1.807) is 0 Å². The lowest BCUT2D eigenvalue weighted by molar-refractivity contribution is -0.132. The van der Waals surface area contributed by atoms with Gasteiger partial charge in [0.2, 0.25) is 5.91 Å². The Morgan fingerprint density at radius 1 is 1.10 bits per heavy atom. The van der Waals surface area contributed by atoms with E-state index in [4.69, 9.17) is 11.0 Å². The van der Waals surface area contributed by atoms with Gasteiger partial charge in [0.1, 0.15) is 12.6 Å². The molecule has 0 aromatic heterocycles. The van der Waals surface area contributed by atoms with E-state index in [0.717, 1.165) is 11.1 Å². The lowest BCUT2D eigenvalue weighted by Crippen LogP contribution is -2.38. The monoisotopic (exact) mass is 279 g/mol. The minimum Gasteiger partial charge on any atom is -0.323 e. The van der Waals surface area contributed by atoms with Crippen LogP contribution < -0.4 is 5.73 Å². The minimum atomic E-state index is -0.747. The number of carbonyl (C=O) groups is 1. The van der Waals surface area contributed by atoms with Gasteiger partial charge in [-0.2, -0.15) is 5.26 Å². The topological polar surface area (TPSA) is 70.1 Å². The molecule has 2 aromatic rings. The van der Waals surface area contributed by atoms with Crippen LogP contribution in [0.25, 0.3) is 0 Å². The van der Waals surface area contributed by atoms with E-state index in [1.165, 1.54) is 4.90 Å². The highest BCUT2D eigenvalue weighted by Gasteiger charge is 2.22. The second kappa shape index (κ2) is 7.22. The minimum absolute atomic E-state index is 0.0221. The molecule has 2 N–H and O–H groups in total. The Bertz CT molecular complexity index is 619. The molecule has 0 unspecified atom stereocenters. The van der Waals surface area contributed by atoms with Gasteiger partial charge in [0.25, 0.3) is 0 Å². The SMILES string of the molecule is N#CCN(Cc1ccccc1)C(=O)[C@H](N)c1ccccc1. The average molecular weight is 279 g/mol. The molecule has 0 radical (unpaired) electrons. The number of carbonyl (C=O) groups excluding carboxylic acids is 1. The number of nitriles is 1. The molecule has 4 heteroatoms. The zero-order chi connectivity index (χ0) is 15.1. The molecule has 1 atom stereocenters. The van der Waals surface area contributed by atoms with E-state index in [0.29, 0.717) is 6.54 Å². The fourth-order valence-corrected chi connectivity index (χ4v) is 2.10. The molecule has 0 aliphatic heterocycles. The first kappa shape index (κ1) is 14.8. The summed E-state index contributed by atoms with van der Waals surface area (Å²) in [5.41, 5.74) is 7.74. The van der Waals surface area contributed by atoms with E-state index < -0.39 is 6.04 Å². The Labute approximate surface area is 124 Å². The second-order valence-corrected chi connectivity index (χ2v) is 4.73. The third-order valence-corrected chi connectivity index (χ3v) is 3.21. The number of nitrogens with two attached hydrogens (primary N) is 1. The van der Waals surface area contributed by atoms with E-state index in [2.05, 4.69) is 0 Å². The first-order valence-corrected chi connectivity index (χ1v) is 6.72. The summed E-state index contributed by atoms with van der Waals surface area (Å²) in [5, 5.41) is 8.93. The van der Waals surface area contributed by atoms with E-state index in [9.17, 15) is 4.79 Å². The molecule has 2 aromatic carbocycles. The highest BCUT2D eigenvalue weighted by molar-refractivity contribution is 5.83. The predicted octanol–water partition coefficient (Wildman–Crippen LogP) is 2.24. The highest BCUT2D eigenvalue weighted by Crippen LogP contribution is 2.14. The van der Waals surface area contributed by atoms with Crippen LogP contribution >= 0.6 is 0 Å². The van der Waals surface area contributed by atoms with Crippen LogP contribution in [0, 0.1) is 11.3 Å². The van der Waals surface area contributed by atoms with Gasteiger partial charge in [-0.3, -0.25) is 4.79 Å². The maximum Gasteiger partial charge on any atom is 0.245 e. The molecule has 0 saturated heterocycles. The number of amides is 1. The number of hydrogen-bond acceptors (Lipinski definition) is 3. The van der Waals surface area contributed by atoms with Crippen molar-refractivity contribution in [1.82, 2.24) is 4.90 Å². The molecule has 0 saturated carbocycles. The Hall–Kier alpha value is -2.64. The Balaban J connectivity index is 2.14. The Morgan fingerprint density at radius 3 is 2.24 bits per heavy atom. The molecule has 0 heterocycles. The van der Waals surface area contributed by atoms with Crippen molar-refractivity contribution in [1.29, 1.82) is 5.26 Å². The first-order chi connectivity index (χ1) is 10.2. The quantitative estimate of drug-likeness (QED) is 0.853. The Morgan fingerprint density at radius 2 is 1.67 bits per heavy atom. The van der Waals surface area contributed by atoms with Crippen LogP contribution in [0.3, 0.4) is 0 Å². The molecule has 0 spiro atoms. The van der Waals surface area contributed by atoms with Crippen molar-refractivity contribution < 1.29 is 4.79 Å². The predicted molar refractivity (Wildman–Crippen MR) is 80.8 cm³/mol. The third-order valence-electron chi connectivity index (χ3n) is 3.21. The molecule has 106 valence electrons. The summed E-state index contributed by atoms with van der Waals surface area (Å²) < 4.78 is 0. The van der Waals surface area contributed by atoms with Crippen molar-refractivity contribution in [3.63, 3.8) is 0 Å². The van der Waals surface area contributed by atoms with Gasteiger partial charge in [-0.15, -0.1) is 0 Å². The second-order valence-electron chi connectivity index (χ2n) is 4.73. The molecule has 0 bridgehead atoms. The fraction of sp³-hybridized carbons (Fsp3) is 0.176. The molecule has 0 aliphatic rings. The number of hydrogen-bond donors (Lipinski definition) is 1. The normalized spacial score (nSPS) is 11.4. The molecule has 4 nitrogen and oxygen atoms in total. The summed E-state index contributed by atoms with van der Waals surface area (Å²) in [4.78, 5) is 14.0. The summed E-state index contributed by atoms with van der Waals surface area (Å²) in [5.74, 6) is -0.244. The fourth-order valence-electron chi connectivity index (χ4n) is 2.10. The maximum atomic E-state index is 12.5. The van der Waals surface area contributed by atoms with E-state index in [1.807, 2.05) is 66.7 Å². The van der Waals surface area contributed by atoms with Crippen molar-refractivity contribution >= 4 is 5.91 Å². The van der Waals surface area contributed by atoms with Gasteiger partial charge in [-0.25, -0.2) is 0 Å². The molecular weight excluding hydrogens is 262 g/mol. The molecule has 2 rings (SSSR count). The summed E-state index contributed by atoms with van der Waals surface area (Å²) in [7, 11) is 0. The third kappa shape index (κ3) is 3.91. The van der Waals surface area contributed by atoms with Crippen LogP contribution in [0.5, 0.6) is 0 Å². The summed E-state index contributed by atoms with van der Waals surface area (Å²) in [6.07, 6.45) is 0. The lowest BCUT2D eigenvalue weighted by Gasteiger charge is -2.23. The molecule has 1 amide bonds. The molecule has 0 aliphatic carbocycles. The maximum absolute atomic E-state index is 12.5. The first-order valence-electron chi connectivity index (χ1n) is 6.72. The van der Waals surface area contributed by atoms with Gasteiger partial charge < -0.3 is 10.6 Å². The van der Waals surface area contributed by atoms with Gasteiger partial charge in [-0.1, -0.05) is 60.7 Å². The lowest BCUT2D eigenvalue weighted by atomic mass is 10.1. The number of benzene rings is 2.